The lowest BCUT2D eigenvalue weighted by atomic mass is 10.1. The van der Waals surface area contributed by atoms with Crippen LogP contribution in [-0.2, 0) is 9.53 Å². The van der Waals surface area contributed by atoms with E-state index in [-0.39, 0.29) is 5.91 Å². The van der Waals surface area contributed by atoms with E-state index in [1.807, 2.05) is 0 Å². The Morgan fingerprint density at radius 2 is 2.10 bits per heavy atom. The number of ether oxygens (including phenoxy) is 1. The minimum Gasteiger partial charge on any atom is -0.478 e. The number of carbonyl (C=O) groups excluding carboxylic acids is 1. The molecule has 0 aliphatic carbocycles. The highest BCUT2D eigenvalue weighted by atomic mass is 35.5. The molecule has 0 aromatic heterocycles. The Hall–Kier alpha value is -1.85. The predicted molar refractivity (Wildman–Crippen MR) is 79.5 cm³/mol. The van der Waals surface area contributed by atoms with Gasteiger partial charge in [-0.25, -0.2) is 4.79 Å². The number of aliphatic carboxylic acids is 1. The number of amides is 1. The fraction of sp³-hybridized carbons (Fsp3) is 0.333. The van der Waals surface area contributed by atoms with Crippen molar-refractivity contribution in [3.63, 3.8) is 0 Å². The highest BCUT2D eigenvalue weighted by Gasteiger charge is 2.18. The Morgan fingerprint density at radius 1 is 1.29 bits per heavy atom. The molecular weight excluding hydrogens is 294 g/mol. The molecule has 1 saturated heterocycles. The zero-order valence-corrected chi connectivity index (χ0v) is 12.2. The molecule has 0 spiro atoms. The number of halogens is 1. The zero-order valence-electron chi connectivity index (χ0n) is 11.4. The van der Waals surface area contributed by atoms with E-state index in [0.29, 0.717) is 42.5 Å². The number of benzene rings is 1. The van der Waals surface area contributed by atoms with Crippen LogP contribution >= 0.6 is 11.6 Å². The molecule has 112 valence electrons. The minimum absolute atomic E-state index is 0.0869. The summed E-state index contributed by atoms with van der Waals surface area (Å²) < 4.78 is 5.32. The summed E-state index contributed by atoms with van der Waals surface area (Å²) >= 11 is 6.09. The molecule has 0 unspecified atom stereocenters. The van der Waals surface area contributed by atoms with E-state index >= 15 is 0 Å². The number of carboxylic acid groups (broad SMARTS) is 1. The van der Waals surface area contributed by atoms with Crippen molar-refractivity contribution in [2.45, 2.75) is 6.42 Å². The molecule has 21 heavy (non-hydrogen) atoms. The monoisotopic (exact) mass is 309 g/mol. The van der Waals surface area contributed by atoms with E-state index in [4.69, 9.17) is 21.4 Å². The van der Waals surface area contributed by atoms with Crippen LogP contribution in [0.2, 0.25) is 5.02 Å². The van der Waals surface area contributed by atoms with Gasteiger partial charge in [-0.2, -0.15) is 0 Å². The Bertz CT molecular complexity index is 563. The van der Waals surface area contributed by atoms with Crippen LogP contribution < -0.4 is 0 Å². The van der Waals surface area contributed by atoms with E-state index in [2.05, 4.69) is 0 Å². The van der Waals surface area contributed by atoms with E-state index in [0.717, 1.165) is 12.5 Å². The van der Waals surface area contributed by atoms with Crippen molar-refractivity contribution in [3.8, 4) is 0 Å². The molecule has 2 rings (SSSR count). The van der Waals surface area contributed by atoms with Gasteiger partial charge in [0.15, 0.2) is 0 Å². The van der Waals surface area contributed by atoms with Gasteiger partial charge in [-0.05, 0) is 30.2 Å². The summed E-state index contributed by atoms with van der Waals surface area (Å²) in [5.41, 5.74) is 1.06. The molecule has 0 radical (unpaired) electrons. The molecule has 1 aliphatic rings. The van der Waals surface area contributed by atoms with Crippen LogP contribution in [0.1, 0.15) is 22.3 Å². The van der Waals surface area contributed by atoms with Crippen LogP contribution in [0.4, 0.5) is 0 Å². The molecule has 0 atom stereocenters. The van der Waals surface area contributed by atoms with Crippen molar-refractivity contribution in [2.75, 3.05) is 26.3 Å². The van der Waals surface area contributed by atoms with Gasteiger partial charge in [0.1, 0.15) is 0 Å². The van der Waals surface area contributed by atoms with Gasteiger partial charge in [-0.1, -0.05) is 17.7 Å². The van der Waals surface area contributed by atoms with E-state index in [9.17, 15) is 9.59 Å². The average molecular weight is 310 g/mol. The number of hydrogen-bond acceptors (Lipinski definition) is 3. The molecule has 1 heterocycles. The molecule has 1 amide bonds. The fourth-order valence-corrected chi connectivity index (χ4v) is 2.33. The number of nitrogens with zero attached hydrogens (tertiary/aromatic N) is 1. The number of hydrogen-bond donors (Lipinski definition) is 1. The van der Waals surface area contributed by atoms with Gasteiger partial charge in [0.05, 0.1) is 6.61 Å². The van der Waals surface area contributed by atoms with Crippen LogP contribution in [0.5, 0.6) is 0 Å². The maximum Gasteiger partial charge on any atom is 0.328 e. The number of rotatable bonds is 3. The summed E-state index contributed by atoms with van der Waals surface area (Å²) in [6, 6.07) is 4.86. The number of carboxylic acids is 1. The van der Waals surface area contributed by atoms with Crippen molar-refractivity contribution < 1.29 is 19.4 Å². The standard InChI is InChI=1S/C15H16ClNO4/c16-13-10-12(3-2-11(13)4-5-14(18)19)15(20)17-6-1-8-21-9-7-17/h2-5,10H,1,6-9H2,(H,18,19)/b5-4+. The topological polar surface area (TPSA) is 66.8 Å². The quantitative estimate of drug-likeness (QED) is 0.870. The van der Waals surface area contributed by atoms with Crippen LogP contribution in [0.3, 0.4) is 0 Å². The van der Waals surface area contributed by atoms with Gasteiger partial charge in [0.25, 0.3) is 5.91 Å². The van der Waals surface area contributed by atoms with E-state index < -0.39 is 5.97 Å². The average Bonchev–Trinajstić information content (AvgIpc) is 2.74. The first-order valence-electron chi connectivity index (χ1n) is 6.65. The third-order valence-corrected chi connectivity index (χ3v) is 3.49. The first kappa shape index (κ1) is 15.5. The molecule has 1 aromatic rings. The summed E-state index contributed by atoms with van der Waals surface area (Å²) in [5, 5.41) is 8.95. The summed E-state index contributed by atoms with van der Waals surface area (Å²) in [4.78, 5) is 24.6. The van der Waals surface area contributed by atoms with Gasteiger partial charge >= 0.3 is 5.97 Å². The Labute approximate surface area is 127 Å². The molecule has 1 aromatic carbocycles. The van der Waals surface area contributed by atoms with Crippen molar-refractivity contribution in [3.05, 3.63) is 40.4 Å². The van der Waals surface area contributed by atoms with E-state index in [1.54, 1.807) is 23.1 Å². The number of carbonyl (C=O) groups is 2. The first-order chi connectivity index (χ1) is 10.1. The smallest absolute Gasteiger partial charge is 0.328 e. The van der Waals surface area contributed by atoms with Crippen molar-refractivity contribution in [1.82, 2.24) is 4.90 Å². The summed E-state index contributed by atoms with van der Waals surface area (Å²) in [7, 11) is 0. The molecule has 0 bridgehead atoms. The van der Waals surface area contributed by atoms with Gasteiger partial charge in [-0.15, -0.1) is 0 Å². The van der Waals surface area contributed by atoms with Crippen LogP contribution in [-0.4, -0.2) is 48.2 Å². The molecule has 6 heteroatoms. The molecular formula is C15H16ClNO4. The third-order valence-electron chi connectivity index (χ3n) is 3.16. The normalized spacial score (nSPS) is 16.0. The first-order valence-corrected chi connectivity index (χ1v) is 7.03. The lowest BCUT2D eigenvalue weighted by Crippen LogP contribution is -2.33. The van der Waals surface area contributed by atoms with E-state index in [1.165, 1.54) is 6.08 Å². The lowest BCUT2D eigenvalue weighted by molar-refractivity contribution is -0.131. The lowest BCUT2D eigenvalue weighted by Gasteiger charge is -2.19. The maximum atomic E-state index is 12.4. The van der Waals surface area contributed by atoms with Gasteiger partial charge < -0.3 is 14.7 Å². The Kier molecular flexibility index (Phi) is 5.36. The fourth-order valence-electron chi connectivity index (χ4n) is 2.09. The molecule has 5 nitrogen and oxygen atoms in total. The van der Waals surface area contributed by atoms with Crippen molar-refractivity contribution in [2.24, 2.45) is 0 Å². The second-order valence-electron chi connectivity index (χ2n) is 4.67. The predicted octanol–water partition coefficient (Wildman–Crippen LogP) is 2.30. The molecule has 1 N–H and O–H groups in total. The SMILES string of the molecule is O=C(O)/C=C/c1ccc(C(=O)N2CCCOCC2)cc1Cl. The van der Waals surface area contributed by atoms with Gasteiger partial charge in [0.2, 0.25) is 0 Å². The second-order valence-corrected chi connectivity index (χ2v) is 5.07. The third kappa shape index (κ3) is 4.31. The highest BCUT2D eigenvalue weighted by molar-refractivity contribution is 6.32. The summed E-state index contributed by atoms with van der Waals surface area (Å²) in [5.74, 6) is -1.13. The van der Waals surface area contributed by atoms with Gasteiger partial charge in [0, 0.05) is 36.4 Å². The van der Waals surface area contributed by atoms with Crippen molar-refractivity contribution >= 4 is 29.6 Å². The molecule has 0 saturated carbocycles. The molecule has 1 aliphatic heterocycles. The summed E-state index contributed by atoms with van der Waals surface area (Å²) in [6.07, 6.45) is 3.23. The van der Waals surface area contributed by atoms with Crippen LogP contribution in [0, 0.1) is 0 Å². The highest BCUT2D eigenvalue weighted by Crippen LogP contribution is 2.20. The van der Waals surface area contributed by atoms with Crippen molar-refractivity contribution in [1.29, 1.82) is 0 Å². The zero-order chi connectivity index (χ0) is 15.2. The van der Waals surface area contributed by atoms with Crippen LogP contribution in [0.25, 0.3) is 6.08 Å². The Morgan fingerprint density at radius 3 is 2.81 bits per heavy atom. The Balaban J connectivity index is 2.15. The summed E-state index contributed by atoms with van der Waals surface area (Å²) in [6.45, 7) is 2.44. The minimum atomic E-state index is -1.05. The van der Waals surface area contributed by atoms with Gasteiger partial charge in [-0.3, -0.25) is 4.79 Å². The maximum absolute atomic E-state index is 12.4. The largest absolute Gasteiger partial charge is 0.478 e. The molecule has 1 fully saturated rings. The second kappa shape index (κ2) is 7.24. The van der Waals surface area contributed by atoms with Crippen LogP contribution in [0.15, 0.2) is 24.3 Å².